The number of hydrogen-bond acceptors (Lipinski definition) is 8. The van der Waals surface area contributed by atoms with Crippen molar-refractivity contribution in [2.45, 2.75) is 50.0 Å². The molecule has 1 aliphatic carbocycles. The molecule has 1 aliphatic heterocycles. The summed E-state index contributed by atoms with van der Waals surface area (Å²) in [6.07, 6.45) is -6.85. The van der Waals surface area contributed by atoms with Gasteiger partial charge in [0, 0.05) is 0 Å². The Kier molecular flexibility index (Phi) is 8.00. The summed E-state index contributed by atoms with van der Waals surface area (Å²) in [7, 11) is 0. The van der Waals surface area contributed by atoms with Crippen molar-refractivity contribution in [1.29, 1.82) is 0 Å². The van der Waals surface area contributed by atoms with E-state index in [0.717, 1.165) is 44.5 Å². The number of aryl methyl sites for hydroxylation is 2. The summed E-state index contributed by atoms with van der Waals surface area (Å²) in [6.45, 7) is 3.52. The number of hydrogen-bond donors (Lipinski definition) is 5. The summed E-state index contributed by atoms with van der Waals surface area (Å²) >= 11 is 0. The third-order valence-electron chi connectivity index (χ3n) is 8.61. The molecule has 0 amide bonds. The zero-order valence-electron chi connectivity index (χ0n) is 24.1. The first-order valence-corrected chi connectivity index (χ1v) is 14.4. The summed E-state index contributed by atoms with van der Waals surface area (Å²) in [5, 5.41) is 49.8. The fraction of sp³-hybridized carbons (Fsp3) is 0.314. The first kappa shape index (κ1) is 29.3. The lowest BCUT2D eigenvalue weighted by atomic mass is 9.67. The molecule has 1 unspecified atom stereocenters. The van der Waals surface area contributed by atoms with Gasteiger partial charge in [-0.2, -0.15) is 0 Å². The Hall–Kier alpha value is -3.76. The molecule has 0 bridgehead atoms. The van der Waals surface area contributed by atoms with E-state index in [2.05, 4.69) is 54.6 Å². The maximum atomic E-state index is 10.5. The Morgan fingerprint density at radius 1 is 0.698 bits per heavy atom. The summed E-state index contributed by atoms with van der Waals surface area (Å²) < 4.78 is 17.4. The number of aliphatic hydroxyl groups excluding tert-OH is 5. The number of aliphatic hydroxyl groups is 5. The van der Waals surface area contributed by atoms with Crippen molar-refractivity contribution >= 4 is 0 Å². The lowest BCUT2D eigenvalue weighted by Crippen LogP contribution is -2.60. The van der Waals surface area contributed by atoms with Gasteiger partial charge in [0.05, 0.1) is 18.6 Å². The molecule has 8 nitrogen and oxygen atoms in total. The highest BCUT2D eigenvalue weighted by atomic mass is 16.7. The lowest BCUT2D eigenvalue weighted by molar-refractivity contribution is -0.277. The van der Waals surface area contributed by atoms with E-state index in [9.17, 15) is 25.5 Å². The molecule has 0 aromatic heterocycles. The minimum absolute atomic E-state index is 0.0668. The Labute approximate surface area is 250 Å². The summed E-state index contributed by atoms with van der Waals surface area (Å²) in [5.74, 6) is 1.15. The van der Waals surface area contributed by atoms with Crippen LogP contribution in [0.2, 0.25) is 0 Å². The summed E-state index contributed by atoms with van der Waals surface area (Å²) in [6, 6.07) is 28.9. The van der Waals surface area contributed by atoms with E-state index in [0.29, 0.717) is 11.5 Å². The molecule has 5 N–H and O–H groups in total. The predicted molar refractivity (Wildman–Crippen MR) is 160 cm³/mol. The Morgan fingerprint density at radius 2 is 1.26 bits per heavy atom. The van der Waals surface area contributed by atoms with E-state index in [1.807, 2.05) is 44.2 Å². The molecule has 6 rings (SSSR count). The molecule has 5 atom stereocenters. The first-order valence-electron chi connectivity index (χ1n) is 14.4. The van der Waals surface area contributed by atoms with Crippen LogP contribution in [0, 0.1) is 13.8 Å². The fourth-order valence-electron chi connectivity index (χ4n) is 6.53. The number of rotatable bonds is 8. The quantitative estimate of drug-likeness (QED) is 0.188. The van der Waals surface area contributed by atoms with Gasteiger partial charge in [0.15, 0.2) is 0 Å². The minimum Gasteiger partial charge on any atom is -0.491 e. The van der Waals surface area contributed by atoms with E-state index >= 15 is 0 Å². The van der Waals surface area contributed by atoms with Crippen molar-refractivity contribution in [3.8, 4) is 22.6 Å². The average molecular weight is 585 g/mol. The Balaban J connectivity index is 1.48. The molecule has 4 aromatic rings. The average Bonchev–Trinajstić information content (AvgIpc) is 3.32. The van der Waals surface area contributed by atoms with Crippen LogP contribution in [0.5, 0.6) is 11.5 Å². The van der Waals surface area contributed by atoms with Crippen LogP contribution in [-0.2, 0) is 10.2 Å². The van der Waals surface area contributed by atoms with Gasteiger partial charge in [-0.15, -0.1) is 0 Å². The van der Waals surface area contributed by atoms with Crippen LogP contribution in [0.1, 0.15) is 33.4 Å². The van der Waals surface area contributed by atoms with E-state index in [-0.39, 0.29) is 13.2 Å². The summed E-state index contributed by atoms with van der Waals surface area (Å²) in [5.41, 5.74) is 7.70. The lowest BCUT2D eigenvalue weighted by Gasteiger charge is -2.40. The van der Waals surface area contributed by atoms with Gasteiger partial charge in [-0.1, -0.05) is 72.8 Å². The van der Waals surface area contributed by atoms with Gasteiger partial charge in [0.1, 0.15) is 42.5 Å². The van der Waals surface area contributed by atoms with Crippen LogP contribution < -0.4 is 9.47 Å². The third kappa shape index (κ3) is 4.80. The van der Waals surface area contributed by atoms with Gasteiger partial charge >= 0.3 is 0 Å². The van der Waals surface area contributed by atoms with Gasteiger partial charge in [-0.3, -0.25) is 0 Å². The molecule has 0 radical (unpaired) electrons. The van der Waals surface area contributed by atoms with Gasteiger partial charge in [0.25, 0.3) is 0 Å². The standard InChI is InChI=1S/C35H36O8/c1-20-17-22(11-13-28(20)41-16-15-36)35(26-9-5-3-7-24(26)25-8-4-6-10-27(25)35)23-12-14-29(21(2)18-23)42-34-33(40)32(39)31(38)30(19-37)43-34/h3-14,17-18,30-34,36-40H,15-16,19H2,1-2H3/t30-,31-,32+,33-,34?/m1/s1. The topological polar surface area (TPSA) is 129 Å². The monoisotopic (exact) mass is 584 g/mol. The van der Waals surface area contributed by atoms with E-state index in [4.69, 9.17) is 14.2 Å². The maximum absolute atomic E-state index is 10.5. The number of ether oxygens (including phenoxy) is 3. The predicted octanol–water partition coefficient (Wildman–Crippen LogP) is 3.22. The van der Waals surface area contributed by atoms with Gasteiger partial charge < -0.3 is 39.7 Å². The molecule has 0 spiro atoms. The van der Waals surface area contributed by atoms with Crippen molar-refractivity contribution in [3.05, 3.63) is 118 Å². The highest BCUT2D eigenvalue weighted by Crippen LogP contribution is 2.56. The van der Waals surface area contributed by atoms with E-state index < -0.39 is 42.7 Å². The van der Waals surface area contributed by atoms with E-state index in [1.54, 1.807) is 0 Å². The van der Waals surface area contributed by atoms with Crippen LogP contribution in [0.25, 0.3) is 11.1 Å². The normalized spacial score (nSPS) is 23.8. The Morgan fingerprint density at radius 3 is 1.79 bits per heavy atom. The zero-order valence-corrected chi connectivity index (χ0v) is 24.1. The largest absolute Gasteiger partial charge is 0.491 e. The number of fused-ring (bicyclic) bond motifs is 3. The van der Waals surface area contributed by atoms with Crippen molar-refractivity contribution in [3.63, 3.8) is 0 Å². The van der Waals surface area contributed by atoms with Gasteiger partial charge in [-0.25, -0.2) is 0 Å². The first-order chi connectivity index (χ1) is 20.8. The zero-order chi connectivity index (χ0) is 30.3. The second kappa shape index (κ2) is 11.7. The fourth-order valence-corrected chi connectivity index (χ4v) is 6.53. The molecule has 1 heterocycles. The van der Waals surface area contributed by atoms with Crippen LogP contribution in [0.15, 0.2) is 84.9 Å². The van der Waals surface area contributed by atoms with Gasteiger partial charge in [0.2, 0.25) is 6.29 Å². The van der Waals surface area contributed by atoms with Crippen molar-refractivity contribution in [2.75, 3.05) is 19.8 Å². The minimum atomic E-state index is -1.53. The molecular weight excluding hydrogens is 548 g/mol. The molecule has 4 aromatic carbocycles. The van der Waals surface area contributed by atoms with Crippen LogP contribution >= 0.6 is 0 Å². The summed E-state index contributed by atoms with van der Waals surface area (Å²) in [4.78, 5) is 0. The second-order valence-electron chi connectivity index (χ2n) is 11.2. The second-order valence-corrected chi connectivity index (χ2v) is 11.2. The number of benzene rings is 4. The van der Waals surface area contributed by atoms with Crippen molar-refractivity contribution < 1.29 is 39.7 Å². The third-order valence-corrected chi connectivity index (χ3v) is 8.61. The molecule has 0 saturated carbocycles. The smallest absolute Gasteiger partial charge is 0.229 e. The highest BCUT2D eigenvalue weighted by molar-refractivity contribution is 5.86. The molecule has 2 aliphatic rings. The van der Waals surface area contributed by atoms with Crippen LogP contribution in [-0.4, -0.2) is 76.1 Å². The van der Waals surface area contributed by atoms with Gasteiger partial charge in [-0.05, 0) is 70.5 Å². The highest BCUT2D eigenvalue weighted by Gasteiger charge is 2.47. The molecular formula is C35H36O8. The molecule has 43 heavy (non-hydrogen) atoms. The molecule has 8 heteroatoms. The van der Waals surface area contributed by atoms with Crippen LogP contribution in [0.4, 0.5) is 0 Å². The molecule has 1 saturated heterocycles. The molecule has 1 fully saturated rings. The van der Waals surface area contributed by atoms with Crippen molar-refractivity contribution in [2.24, 2.45) is 0 Å². The Bertz CT molecular complexity index is 1570. The maximum Gasteiger partial charge on any atom is 0.229 e. The van der Waals surface area contributed by atoms with Crippen LogP contribution in [0.3, 0.4) is 0 Å². The van der Waals surface area contributed by atoms with E-state index in [1.165, 1.54) is 0 Å². The SMILES string of the molecule is Cc1cc(C2(c3ccc(OC4O[C@H](CO)[C@@H](O)[C@H](O)[C@H]4O)c(C)c3)c3ccccc3-c3ccccc32)ccc1OCCO. The van der Waals surface area contributed by atoms with Crippen molar-refractivity contribution in [1.82, 2.24) is 0 Å². The molecule has 224 valence electrons.